The number of pyridine rings is 1. The normalized spacial score (nSPS) is 10.2. The average molecular weight is 307 g/mol. The minimum atomic E-state index is -0.358. The Bertz CT molecular complexity index is 725. The molecule has 2 aromatic rings. The number of carbonyl (C=O) groups excluding carboxylic acids is 1. The summed E-state index contributed by atoms with van der Waals surface area (Å²) in [5, 5.41) is 3.27. The number of ether oxygens (including phenoxy) is 1. The van der Waals surface area contributed by atoms with E-state index in [1.54, 1.807) is 25.1 Å². The van der Waals surface area contributed by atoms with Gasteiger partial charge in [0.25, 0.3) is 5.91 Å². The summed E-state index contributed by atoms with van der Waals surface area (Å²) in [6.45, 7) is 3.26. The Morgan fingerprint density at radius 1 is 1.33 bits per heavy atom. The van der Waals surface area contributed by atoms with E-state index in [1.807, 2.05) is 6.92 Å². The van der Waals surface area contributed by atoms with E-state index in [9.17, 15) is 9.59 Å². The van der Waals surface area contributed by atoms with Gasteiger partial charge >= 0.3 is 0 Å². The van der Waals surface area contributed by atoms with Crippen LogP contribution < -0.4 is 15.5 Å². The number of rotatable bonds is 4. The van der Waals surface area contributed by atoms with Crippen molar-refractivity contribution < 1.29 is 9.53 Å². The Kier molecular flexibility index (Phi) is 4.65. The number of hydrogen-bond acceptors (Lipinski definition) is 3. The summed E-state index contributed by atoms with van der Waals surface area (Å²) in [7, 11) is 0. The van der Waals surface area contributed by atoms with Gasteiger partial charge in [-0.3, -0.25) is 9.59 Å². The Morgan fingerprint density at radius 2 is 2.10 bits per heavy atom. The predicted octanol–water partition coefficient (Wildman–Crippen LogP) is 2.66. The molecular formula is C15H15ClN2O3. The van der Waals surface area contributed by atoms with Gasteiger partial charge in [0.15, 0.2) is 12.4 Å². The molecule has 0 aliphatic rings. The first-order valence-corrected chi connectivity index (χ1v) is 6.73. The van der Waals surface area contributed by atoms with Crippen LogP contribution in [0.15, 0.2) is 35.3 Å². The summed E-state index contributed by atoms with van der Waals surface area (Å²) < 4.78 is 5.28. The highest BCUT2D eigenvalue weighted by Gasteiger charge is 2.10. The first-order chi connectivity index (χ1) is 9.99. The predicted molar refractivity (Wildman–Crippen MR) is 82.1 cm³/mol. The summed E-state index contributed by atoms with van der Waals surface area (Å²) in [5.41, 5.74) is 1.71. The third-order valence-corrected chi connectivity index (χ3v) is 3.40. The summed E-state index contributed by atoms with van der Waals surface area (Å²) in [6, 6.07) is 6.59. The van der Waals surface area contributed by atoms with Gasteiger partial charge in [-0.2, -0.15) is 0 Å². The van der Waals surface area contributed by atoms with Crippen LogP contribution in [0.4, 0.5) is 5.69 Å². The van der Waals surface area contributed by atoms with Crippen molar-refractivity contribution in [3.63, 3.8) is 0 Å². The van der Waals surface area contributed by atoms with Gasteiger partial charge in [-0.15, -0.1) is 0 Å². The lowest BCUT2D eigenvalue weighted by atomic mass is 10.2. The zero-order valence-corrected chi connectivity index (χ0v) is 12.5. The third-order valence-electron chi connectivity index (χ3n) is 2.99. The van der Waals surface area contributed by atoms with E-state index in [-0.39, 0.29) is 23.7 Å². The molecule has 0 aliphatic carbocycles. The second-order valence-corrected chi connectivity index (χ2v) is 4.95. The van der Waals surface area contributed by atoms with Crippen LogP contribution in [0.3, 0.4) is 0 Å². The van der Waals surface area contributed by atoms with Crippen LogP contribution in [0.2, 0.25) is 5.02 Å². The van der Waals surface area contributed by atoms with Gasteiger partial charge in [-0.05, 0) is 31.5 Å². The summed E-state index contributed by atoms with van der Waals surface area (Å²) in [5.74, 6) is -0.210. The fourth-order valence-electron chi connectivity index (χ4n) is 1.81. The number of aromatic amines is 1. The molecule has 0 spiro atoms. The van der Waals surface area contributed by atoms with E-state index in [0.29, 0.717) is 16.4 Å². The average Bonchev–Trinajstić information content (AvgIpc) is 2.43. The lowest BCUT2D eigenvalue weighted by molar-refractivity contribution is -0.118. The van der Waals surface area contributed by atoms with Gasteiger partial charge in [0.1, 0.15) is 0 Å². The van der Waals surface area contributed by atoms with Gasteiger partial charge in [0, 0.05) is 23.0 Å². The number of H-pyrrole nitrogens is 1. The minimum absolute atomic E-state index is 0.149. The number of halogens is 1. The van der Waals surface area contributed by atoms with E-state index in [0.717, 1.165) is 5.56 Å². The zero-order chi connectivity index (χ0) is 15.4. The summed E-state index contributed by atoms with van der Waals surface area (Å²) >= 11 is 5.98. The topological polar surface area (TPSA) is 71.2 Å². The molecule has 0 unspecified atom stereocenters. The molecule has 2 rings (SSSR count). The van der Waals surface area contributed by atoms with Crippen molar-refractivity contribution in [3.8, 4) is 5.75 Å². The molecule has 2 N–H and O–H groups in total. The quantitative estimate of drug-likeness (QED) is 0.912. The number of carbonyl (C=O) groups is 1. The monoisotopic (exact) mass is 306 g/mol. The van der Waals surface area contributed by atoms with E-state index in [2.05, 4.69) is 10.3 Å². The van der Waals surface area contributed by atoms with Crippen molar-refractivity contribution in [1.82, 2.24) is 4.98 Å². The standard InChI is InChI=1S/C15H15ClN2O3/c1-9-11(16)4-3-5-12(9)18-14(20)8-21-15-10(2)17-7-6-13(15)19/h3-7H,8H2,1-2H3,(H,17,19)(H,18,20). The molecule has 0 saturated carbocycles. The van der Waals surface area contributed by atoms with Gasteiger partial charge < -0.3 is 15.0 Å². The molecule has 0 saturated heterocycles. The van der Waals surface area contributed by atoms with E-state index in [1.165, 1.54) is 12.3 Å². The van der Waals surface area contributed by atoms with Crippen molar-refractivity contribution in [2.45, 2.75) is 13.8 Å². The zero-order valence-electron chi connectivity index (χ0n) is 11.7. The molecular weight excluding hydrogens is 292 g/mol. The molecule has 1 heterocycles. The Balaban J connectivity index is 2.03. The number of hydrogen-bond donors (Lipinski definition) is 2. The fourth-order valence-corrected chi connectivity index (χ4v) is 1.99. The maximum atomic E-state index is 11.9. The second-order valence-electron chi connectivity index (χ2n) is 4.55. The van der Waals surface area contributed by atoms with Crippen LogP contribution >= 0.6 is 11.6 Å². The van der Waals surface area contributed by atoms with Crippen molar-refractivity contribution in [2.24, 2.45) is 0 Å². The fraction of sp³-hybridized carbons (Fsp3) is 0.200. The number of aryl methyl sites for hydroxylation is 1. The second kappa shape index (κ2) is 6.45. The number of benzene rings is 1. The maximum absolute atomic E-state index is 11.9. The lowest BCUT2D eigenvalue weighted by Crippen LogP contribution is -2.23. The van der Waals surface area contributed by atoms with Gasteiger partial charge in [-0.25, -0.2) is 0 Å². The number of amides is 1. The van der Waals surface area contributed by atoms with Crippen molar-refractivity contribution in [1.29, 1.82) is 0 Å². The Hall–Kier alpha value is -2.27. The van der Waals surface area contributed by atoms with Crippen LogP contribution in [0.1, 0.15) is 11.3 Å². The smallest absolute Gasteiger partial charge is 0.262 e. The van der Waals surface area contributed by atoms with Crippen LogP contribution in [0.25, 0.3) is 0 Å². The summed E-state index contributed by atoms with van der Waals surface area (Å²) in [4.78, 5) is 26.4. The van der Waals surface area contributed by atoms with Crippen LogP contribution in [0.5, 0.6) is 5.75 Å². The molecule has 6 heteroatoms. The van der Waals surface area contributed by atoms with Crippen molar-refractivity contribution >= 4 is 23.2 Å². The molecule has 21 heavy (non-hydrogen) atoms. The van der Waals surface area contributed by atoms with Crippen molar-refractivity contribution in [3.05, 3.63) is 57.0 Å². The van der Waals surface area contributed by atoms with Gasteiger partial charge in [-0.1, -0.05) is 17.7 Å². The molecule has 0 aliphatic heterocycles. The van der Waals surface area contributed by atoms with E-state index in [4.69, 9.17) is 16.3 Å². The molecule has 1 aromatic carbocycles. The molecule has 1 aromatic heterocycles. The third kappa shape index (κ3) is 3.64. The minimum Gasteiger partial charge on any atom is -0.478 e. The van der Waals surface area contributed by atoms with Gasteiger partial charge in [0.2, 0.25) is 5.43 Å². The Morgan fingerprint density at radius 3 is 2.81 bits per heavy atom. The SMILES string of the molecule is Cc1[nH]ccc(=O)c1OCC(=O)Nc1cccc(Cl)c1C. The van der Waals surface area contributed by atoms with E-state index < -0.39 is 0 Å². The highest BCUT2D eigenvalue weighted by molar-refractivity contribution is 6.31. The summed E-state index contributed by atoms with van der Waals surface area (Å²) in [6.07, 6.45) is 1.53. The van der Waals surface area contributed by atoms with Crippen LogP contribution in [0, 0.1) is 13.8 Å². The lowest BCUT2D eigenvalue weighted by Gasteiger charge is -2.11. The first kappa shape index (κ1) is 15.1. The molecule has 0 bridgehead atoms. The maximum Gasteiger partial charge on any atom is 0.262 e. The highest BCUT2D eigenvalue weighted by Crippen LogP contribution is 2.22. The first-order valence-electron chi connectivity index (χ1n) is 6.35. The molecule has 1 amide bonds. The highest BCUT2D eigenvalue weighted by atomic mass is 35.5. The van der Waals surface area contributed by atoms with Crippen LogP contribution in [-0.2, 0) is 4.79 Å². The molecule has 5 nitrogen and oxygen atoms in total. The molecule has 110 valence electrons. The largest absolute Gasteiger partial charge is 0.478 e. The number of nitrogens with one attached hydrogen (secondary N) is 2. The van der Waals surface area contributed by atoms with Crippen LogP contribution in [-0.4, -0.2) is 17.5 Å². The van der Waals surface area contributed by atoms with Gasteiger partial charge in [0.05, 0.1) is 5.69 Å². The molecule has 0 atom stereocenters. The molecule has 0 fully saturated rings. The molecule has 0 radical (unpaired) electrons. The number of anilines is 1. The van der Waals surface area contributed by atoms with Crippen molar-refractivity contribution in [2.75, 3.05) is 11.9 Å². The Labute approximate surface area is 126 Å². The number of aromatic nitrogens is 1. The van der Waals surface area contributed by atoms with E-state index >= 15 is 0 Å².